The van der Waals surface area contributed by atoms with Gasteiger partial charge < -0.3 is 10.5 Å². The van der Waals surface area contributed by atoms with Crippen LogP contribution >= 0.6 is 11.6 Å². The van der Waals surface area contributed by atoms with Crippen LogP contribution in [0.15, 0.2) is 36.5 Å². The molecule has 0 aliphatic rings. The summed E-state index contributed by atoms with van der Waals surface area (Å²) >= 11 is 6.08. The lowest BCUT2D eigenvalue weighted by Gasteiger charge is -2.08. The predicted octanol–water partition coefficient (Wildman–Crippen LogP) is 2.69. The van der Waals surface area contributed by atoms with Crippen molar-refractivity contribution in [3.63, 3.8) is 0 Å². The molecule has 102 valence electrons. The summed E-state index contributed by atoms with van der Waals surface area (Å²) in [6, 6.07) is 10.9. The summed E-state index contributed by atoms with van der Waals surface area (Å²) in [6.07, 6.45) is 2.42. The molecule has 1 aromatic heterocycles. The van der Waals surface area contributed by atoms with Gasteiger partial charge in [-0.1, -0.05) is 17.7 Å². The van der Waals surface area contributed by atoms with Crippen LogP contribution in [-0.2, 0) is 13.0 Å². The molecule has 0 aliphatic carbocycles. The first kappa shape index (κ1) is 14.3. The third kappa shape index (κ3) is 3.70. The van der Waals surface area contributed by atoms with Crippen LogP contribution < -0.4 is 10.5 Å². The van der Waals surface area contributed by atoms with Gasteiger partial charge in [-0.05, 0) is 30.8 Å². The minimum absolute atomic E-state index is 0.336. The molecule has 0 saturated heterocycles. The topological polar surface area (TPSA) is 71.9 Å². The molecule has 5 heteroatoms. The molecule has 2 rings (SSSR count). The van der Waals surface area contributed by atoms with Crippen LogP contribution in [0.1, 0.15) is 16.8 Å². The molecule has 0 bridgehead atoms. The molecule has 2 N–H and O–H groups in total. The van der Waals surface area contributed by atoms with E-state index in [1.807, 2.05) is 18.2 Å². The van der Waals surface area contributed by atoms with Crippen molar-refractivity contribution in [1.82, 2.24) is 4.98 Å². The molecule has 0 amide bonds. The van der Waals surface area contributed by atoms with Crippen LogP contribution in [0, 0.1) is 11.3 Å². The summed E-state index contributed by atoms with van der Waals surface area (Å²) in [5, 5.41) is 9.30. The average Bonchev–Trinajstić information content (AvgIpc) is 2.48. The van der Waals surface area contributed by atoms with Crippen molar-refractivity contribution in [3.05, 3.63) is 58.4 Å². The first-order chi connectivity index (χ1) is 9.72. The number of hydrogen-bond donors (Lipinski definition) is 1. The van der Waals surface area contributed by atoms with Crippen LogP contribution in [0.25, 0.3) is 0 Å². The highest BCUT2D eigenvalue weighted by Crippen LogP contribution is 2.20. The monoisotopic (exact) mass is 287 g/mol. The quantitative estimate of drug-likeness (QED) is 0.918. The van der Waals surface area contributed by atoms with Gasteiger partial charge in [0.25, 0.3) is 0 Å². The molecule has 2 aromatic rings. The molecule has 0 aliphatic heterocycles. The Kier molecular flexibility index (Phi) is 4.94. The molecule has 4 nitrogen and oxygen atoms in total. The van der Waals surface area contributed by atoms with E-state index in [-0.39, 0.29) is 0 Å². The van der Waals surface area contributed by atoms with Crippen molar-refractivity contribution in [2.45, 2.75) is 13.0 Å². The standard InChI is InChI=1S/C15H14ClN3O/c16-15-7-11(8-18)1-2-12(15)10-20-14-4-3-13(5-6-17)19-9-14/h1-4,7,9H,5-6,10,17H2. The number of aromatic nitrogens is 1. The molecule has 1 heterocycles. The highest BCUT2D eigenvalue weighted by atomic mass is 35.5. The highest BCUT2D eigenvalue weighted by Gasteiger charge is 2.03. The van der Waals surface area contributed by atoms with Gasteiger partial charge in [-0.25, -0.2) is 0 Å². The molecule has 0 saturated carbocycles. The molecule has 0 atom stereocenters. The Morgan fingerprint density at radius 2 is 2.15 bits per heavy atom. The zero-order chi connectivity index (χ0) is 14.4. The Bertz CT molecular complexity index is 620. The van der Waals surface area contributed by atoms with Gasteiger partial charge in [-0.15, -0.1) is 0 Å². The molecule has 20 heavy (non-hydrogen) atoms. The van der Waals surface area contributed by atoms with E-state index in [4.69, 9.17) is 27.3 Å². The minimum atomic E-state index is 0.336. The summed E-state index contributed by atoms with van der Waals surface area (Å²) in [7, 11) is 0. The number of halogens is 1. The van der Waals surface area contributed by atoms with E-state index in [1.54, 1.807) is 24.4 Å². The van der Waals surface area contributed by atoms with Crippen LogP contribution in [0.2, 0.25) is 5.02 Å². The fourth-order valence-corrected chi connectivity index (χ4v) is 1.92. The van der Waals surface area contributed by atoms with E-state index in [9.17, 15) is 0 Å². The normalized spacial score (nSPS) is 10.1. The van der Waals surface area contributed by atoms with E-state index < -0.39 is 0 Å². The smallest absolute Gasteiger partial charge is 0.138 e. The second-order valence-electron chi connectivity index (χ2n) is 4.23. The molecule has 0 spiro atoms. The molecular formula is C15H14ClN3O. The van der Waals surface area contributed by atoms with E-state index >= 15 is 0 Å². The summed E-state index contributed by atoms with van der Waals surface area (Å²) in [5.74, 6) is 0.672. The van der Waals surface area contributed by atoms with Crippen LogP contribution in [0.4, 0.5) is 0 Å². The predicted molar refractivity (Wildman–Crippen MR) is 77.5 cm³/mol. The number of rotatable bonds is 5. The van der Waals surface area contributed by atoms with Gasteiger partial charge in [-0.2, -0.15) is 5.26 Å². The van der Waals surface area contributed by atoms with Crippen molar-refractivity contribution in [2.75, 3.05) is 6.54 Å². The van der Waals surface area contributed by atoms with Crippen molar-refractivity contribution < 1.29 is 4.74 Å². The van der Waals surface area contributed by atoms with Crippen LogP contribution in [0.3, 0.4) is 0 Å². The van der Waals surface area contributed by atoms with Gasteiger partial charge in [-0.3, -0.25) is 4.98 Å². The fourth-order valence-electron chi connectivity index (χ4n) is 1.69. The molecule has 0 unspecified atom stereocenters. The first-order valence-electron chi connectivity index (χ1n) is 6.19. The Morgan fingerprint density at radius 3 is 2.75 bits per heavy atom. The van der Waals surface area contributed by atoms with E-state index in [2.05, 4.69) is 4.98 Å². The van der Waals surface area contributed by atoms with Crippen molar-refractivity contribution >= 4 is 11.6 Å². The molecule has 0 radical (unpaired) electrons. The lowest BCUT2D eigenvalue weighted by atomic mass is 10.1. The average molecular weight is 288 g/mol. The lowest BCUT2D eigenvalue weighted by Crippen LogP contribution is -2.04. The second kappa shape index (κ2) is 6.90. The van der Waals surface area contributed by atoms with Gasteiger partial charge >= 0.3 is 0 Å². The number of nitriles is 1. The Balaban J connectivity index is 2.00. The summed E-state index contributed by atoms with van der Waals surface area (Å²) in [5.41, 5.74) is 7.77. The molecule has 0 fully saturated rings. The third-order valence-electron chi connectivity index (χ3n) is 2.77. The van der Waals surface area contributed by atoms with E-state index in [0.717, 1.165) is 17.7 Å². The van der Waals surface area contributed by atoms with Gasteiger partial charge in [0.05, 0.1) is 17.8 Å². The zero-order valence-electron chi connectivity index (χ0n) is 10.8. The number of nitrogens with two attached hydrogens (primary N) is 1. The van der Waals surface area contributed by atoms with Crippen molar-refractivity contribution in [3.8, 4) is 11.8 Å². The number of ether oxygens (including phenoxy) is 1. The fraction of sp³-hybridized carbons (Fsp3) is 0.200. The van der Waals surface area contributed by atoms with Gasteiger partial charge in [0.1, 0.15) is 12.4 Å². The van der Waals surface area contributed by atoms with Crippen LogP contribution in [0.5, 0.6) is 5.75 Å². The Labute approximate surface area is 122 Å². The maximum absolute atomic E-state index is 8.77. The Morgan fingerprint density at radius 1 is 1.30 bits per heavy atom. The second-order valence-corrected chi connectivity index (χ2v) is 4.64. The largest absolute Gasteiger partial charge is 0.487 e. The SMILES string of the molecule is N#Cc1ccc(COc2ccc(CCN)nc2)c(Cl)c1. The summed E-state index contributed by atoms with van der Waals surface area (Å²) < 4.78 is 5.62. The third-order valence-corrected chi connectivity index (χ3v) is 3.13. The first-order valence-corrected chi connectivity index (χ1v) is 6.57. The maximum atomic E-state index is 8.77. The molecule has 1 aromatic carbocycles. The number of nitrogens with zero attached hydrogens (tertiary/aromatic N) is 2. The number of hydrogen-bond acceptors (Lipinski definition) is 4. The van der Waals surface area contributed by atoms with E-state index in [1.165, 1.54) is 0 Å². The van der Waals surface area contributed by atoms with Gasteiger partial charge in [0.15, 0.2) is 0 Å². The molecular weight excluding hydrogens is 274 g/mol. The number of pyridine rings is 1. The van der Waals surface area contributed by atoms with Crippen molar-refractivity contribution in [1.29, 1.82) is 5.26 Å². The van der Waals surface area contributed by atoms with Gasteiger partial charge in [0, 0.05) is 22.7 Å². The summed E-state index contributed by atoms with van der Waals surface area (Å²) in [4.78, 5) is 4.25. The zero-order valence-corrected chi connectivity index (χ0v) is 11.6. The van der Waals surface area contributed by atoms with E-state index in [0.29, 0.717) is 29.5 Å². The maximum Gasteiger partial charge on any atom is 0.138 e. The summed E-state index contributed by atoms with van der Waals surface area (Å²) in [6.45, 7) is 0.913. The lowest BCUT2D eigenvalue weighted by molar-refractivity contribution is 0.305. The van der Waals surface area contributed by atoms with Gasteiger partial charge in [0.2, 0.25) is 0 Å². The minimum Gasteiger partial charge on any atom is -0.487 e. The highest BCUT2D eigenvalue weighted by molar-refractivity contribution is 6.31. The Hall–Kier alpha value is -2.09. The van der Waals surface area contributed by atoms with Crippen LogP contribution in [-0.4, -0.2) is 11.5 Å². The number of benzene rings is 1. The van der Waals surface area contributed by atoms with Crippen molar-refractivity contribution in [2.24, 2.45) is 5.73 Å².